The number of halogens is 1. The van der Waals surface area contributed by atoms with E-state index in [0.717, 1.165) is 22.5 Å². The molecule has 1 amide bonds. The Morgan fingerprint density at radius 2 is 1.77 bits per heavy atom. The summed E-state index contributed by atoms with van der Waals surface area (Å²) in [7, 11) is 0. The van der Waals surface area contributed by atoms with Crippen molar-refractivity contribution >= 4 is 23.2 Å². The highest BCUT2D eigenvalue weighted by atomic mass is 35.5. The molecule has 0 aliphatic carbocycles. The topological polar surface area (TPSA) is 74.0 Å². The molecular weight excluding hydrogens is 458 g/mol. The molecule has 0 saturated heterocycles. The van der Waals surface area contributed by atoms with Gasteiger partial charge in [0.15, 0.2) is 0 Å². The molecule has 0 radical (unpaired) electrons. The third kappa shape index (κ3) is 5.12. The first-order valence-corrected chi connectivity index (χ1v) is 11.8. The molecule has 0 fully saturated rings. The second-order valence-corrected chi connectivity index (χ2v) is 9.07. The summed E-state index contributed by atoms with van der Waals surface area (Å²) in [6, 6.07) is 24.9. The van der Waals surface area contributed by atoms with Crippen molar-refractivity contribution < 1.29 is 4.79 Å². The predicted molar refractivity (Wildman–Crippen MR) is 136 cm³/mol. The Morgan fingerprint density at radius 1 is 1.03 bits per heavy atom. The van der Waals surface area contributed by atoms with Crippen molar-refractivity contribution in [1.82, 2.24) is 14.9 Å². The van der Waals surface area contributed by atoms with E-state index in [1.165, 1.54) is 5.56 Å². The van der Waals surface area contributed by atoms with Crippen molar-refractivity contribution in [2.24, 2.45) is 0 Å². The number of benzene rings is 3. The minimum atomic E-state index is -0.382. The standard InChI is InChI=1S/C28H24ClN5O/c29-24-9-11-25(12-10-24)34-18-23-4-2-1-3-22(23)13-27(28(34)35)32-16-26-15-31-19-33(26)17-21-7-5-20(14-30)6-8-21/h1-12,15,19,27,32H,13,16-18H2/t27-/m0/s1. The number of hydrogen-bond acceptors (Lipinski definition) is 4. The summed E-state index contributed by atoms with van der Waals surface area (Å²) < 4.78 is 2.06. The number of amides is 1. The molecule has 0 spiro atoms. The Kier molecular flexibility index (Phi) is 6.62. The van der Waals surface area contributed by atoms with E-state index in [1.807, 2.05) is 71.8 Å². The lowest BCUT2D eigenvalue weighted by molar-refractivity contribution is -0.120. The Hall–Kier alpha value is -3.92. The quantitative estimate of drug-likeness (QED) is 0.433. The van der Waals surface area contributed by atoms with E-state index in [4.69, 9.17) is 16.9 Å². The molecule has 6 nitrogen and oxygen atoms in total. The number of anilines is 1. The zero-order valence-electron chi connectivity index (χ0n) is 19.1. The Bertz CT molecular complexity index is 1370. The highest BCUT2D eigenvalue weighted by molar-refractivity contribution is 6.30. The van der Waals surface area contributed by atoms with Crippen LogP contribution in [0.3, 0.4) is 0 Å². The van der Waals surface area contributed by atoms with Gasteiger partial charge in [-0.15, -0.1) is 0 Å². The summed E-state index contributed by atoms with van der Waals surface area (Å²) in [5.41, 5.74) is 5.84. The van der Waals surface area contributed by atoms with Crippen molar-refractivity contribution in [3.8, 4) is 6.07 Å². The van der Waals surface area contributed by atoms with Crippen LogP contribution in [0, 0.1) is 11.3 Å². The zero-order valence-corrected chi connectivity index (χ0v) is 19.8. The molecule has 2 heterocycles. The average molecular weight is 482 g/mol. The lowest BCUT2D eigenvalue weighted by atomic mass is 10.0. The summed E-state index contributed by atoms with van der Waals surface area (Å²) in [6.45, 7) is 1.66. The van der Waals surface area contributed by atoms with Gasteiger partial charge in [0, 0.05) is 30.0 Å². The van der Waals surface area contributed by atoms with Crippen LogP contribution >= 0.6 is 11.6 Å². The van der Waals surface area contributed by atoms with E-state index in [9.17, 15) is 4.79 Å². The molecule has 1 N–H and O–H groups in total. The molecule has 1 aliphatic rings. The van der Waals surface area contributed by atoms with Crippen molar-refractivity contribution in [2.45, 2.75) is 32.1 Å². The van der Waals surface area contributed by atoms with Gasteiger partial charge in [-0.3, -0.25) is 10.1 Å². The molecule has 7 heteroatoms. The summed E-state index contributed by atoms with van der Waals surface area (Å²) in [5.74, 6) is 0.0293. The number of nitriles is 1. The molecule has 4 aromatic rings. The first kappa shape index (κ1) is 22.9. The fourth-order valence-corrected chi connectivity index (χ4v) is 4.53. The number of fused-ring (bicyclic) bond motifs is 1. The Morgan fingerprint density at radius 3 is 2.51 bits per heavy atom. The third-order valence-electron chi connectivity index (χ3n) is 6.34. The van der Waals surface area contributed by atoms with E-state index in [0.29, 0.717) is 36.6 Å². The van der Waals surface area contributed by atoms with Gasteiger partial charge < -0.3 is 9.47 Å². The van der Waals surface area contributed by atoms with Gasteiger partial charge >= 0.3 is 0 Å². The fraction of sp³-hybridized carbons (Fsp3) is 0.179. The van der Waals surface area contributed by atoms with Gasteiger partial charge in [-0.1, -0.05) is 48.0 Å². The van der Waals surface area contributed by atoms with Crippen LogP contribution in [-0.2, 0) is 30.8 Å². The number of nitrogens with one attached hydrogen (secondary N) is 1. The summed E-state index contributed by atoms with van der Waals surface area (Å²) >= 11 is 6.09. The number of carbonyl (C=O) groups is 1. The molecule has 174 valence electrons. The fourth-order valence-electron chi connectivity index (χ4n) is 4.40. The van der Waals surface area contributed by atoms with Crippen LogP contribution in [0.15, 0.2) is 85.3 Å². The Labute approximate surface area is 209 Å². The lowest BCUT2D eigenvalue weighted by Crippen LogP contribution is -2.46. The van der Waals surface area contributed by atoms with Gasteiger partial charge in [-0.05, 0) is 59.5 Å². The van der Waals surface area contributed by atoms with Gasteiger partial charge in [-0.25, -0.2) is 4.98 Å². The second-order valence-electron chi connectivity index (χ2n) is 8.63. The number of hydrogen-bond donors (Lipinski definition) is 1. The van der Waals surface area contributed by atoms with Gasteiger partial charge in [0.1, 0.15) is 0 Å². The van der Waals surface area contributed by atoms with Crippen LogP contribution in [-0.4, -0.2) is 21.5 Å². The average Bonchev–Trinajstić information content (AvgIpc) is 3.27. The lowest BCUT2D eigenvalue weighted by Gasteiger charge is -2.25. The Balaban J connectivity index is 1.36. The smallest absolute Gasteiger partial charge is 0.244 e. The van der Waals surface area contributed by atoms with Crippen LogP contribution in [0.5, 0.6) is 0 Å². The molecule has 1 aliphatic heterocycles. The highest BCUT2D eigenvalue weighted by Gasteiger charge is 2.30. The predicted octanol–water partition coefficient (Wildman–Crippen LogP) is 4.70. The van der Waals surface area contributed by atoms with Gasteiger partial charge in [0.25, 0.3) is 0 Å². The third-order valence-corrected chi connectivity index (χ3v) is 6.59. The van der Waals surface area contributed by atoms with Gasteiger partial charge in [-0.2, -0.15) is 5.26 Å². The first-order chi connectivity index (χ1) is 17.1. The zero-order chi connectivity index (χ0) is 24.2. The van der Waals surface area contributed by atoms with Gasteiger partial charge in [0.05, 0.1) is 36.2 Å². The van der Waals surface area contributed by atoms with Crippen LogP contribution in [0.4, 0.5) is 5.69 Å². The highest BCUT2D eigenvalue weighted by Crippen LogP contribution is 2.26. The number of carbonyl (C=O) groups excluding carboxylic acids is 1. The maximum absolute atomic E-state index is 13.7. The molecule has 3 aromatic carbocycles. The van der Waals surface area contributed by atoms with E-state index in [-0.39, 0.29) is 11.9 Å². The summed E-state index contributed by atoms with van der Waals surface area (Å²) in [4.78, 5) is 19.8. The van der Waals surface area contributed by atoms with Crippen molar-refractivity contribution in [2.75, 3.05) is 4.90 Å². The van der Waals surface area contributed by atoms with Gasteiger partial charge in [0.2, 0.25) is 5.91 Å². The molecule has 5 rings (SSSR count). The maximum atomic E-state index is 13.7. The van der Waals surface area contributed by atoms with Crippen molar-refractivity contribution in [1.29, 1.82) is 5.26 Å². The molecule has 1 atom stereocenters. The summed E-state index contributed by atoms with van der Waals surface area (Å²) in [6.07, 6.45) is 4.23. The molecule has 0 unspecified atom stereocenters. The maximum Gasteiger partial charge on any atom is 0.244 e. The molecule has 1 aromatic heterocycles. The van der Waals surface area contributed by atoms with E-state index < -0.39 is 0 Å². The first-order valence-electron chi connectivity index (χ1n) is 11.5. The second kappa shape index (κ2) is 10.1. The van der Waals surface area contributed by atoms with Crippen LogP contribution in [0.25, 0.3) is 0 Å². The molecule has 35 heavy (non-hydrogen) atoms. The largest absolute Gasteiger partial charge is 0.329 e. The number of rotatable bonds is 6. The molecule has 0 bridgehead atoms. The monoisotopic (exact) mass is 481 g/mol. The SMILES string of the molecule is N#Cc1ccc(Cn2cncc2CN[C@H]2Cc3ccccc3CN(c3ccc(Cl)cc3)C2=O)cc1. The van der Waals surface area contributed by atoms with Crippen LogP contribution in [0.2, 0.25) is 5.02 Å². The molecule has 0 saturated carbocycles. The van der Waals surface area contributed by atoms with E-state index >= 15 is 0 Å². The minimum Gasteiger partial charge on any atom is -0.329 e. The van der Waals surface area contributed by atoms with Crippen molar-refractivity contribution in [3.05, 3.63) is 118 Å². The normalized spacial score (nSPS) is 15.4. The summed E-state index contributed by atoms with van der Waals surface area (Å²) in [5, 5.41) is 13.1. The van der Waals surface area contributed by atoms with E-state index in [2.05, 4.69) is 33.1 Å². The van der Waals surface area contributed by atoms with Crippen molar-refractivity contribution in [3.63, 3.8) is 0 Å². The number of imidazole rings is 1. The van der Waals surface area contributed by atoms with E-state index in [1.54, 1.807) is 6.33 Å². The van der Waals surface area contributed by atoms with Crippen LogP contribution in [0.1, 0.15) is 27.9 Å². The molecular formula is C28H24ClN5O. The van der Waals surface area contributed by atoms with Crippen LogP contribution < -0.4 is 10.2 Å². The number of nitrogens with zero attached hydrogens (tertiary/aromatic N) is 4. The minimum absolute atomic E-state index is 0.0293. The number of aromatic nitrogens is 2.